The number of aliphatic hydroxyl groups is 1. The van der Waals surface area contributed by atoms with E-state index in [0.29, 0.717) is 5.92 Å². The van der Waals surface area contributed by atoms with Crippen LogP contribution in [-0.2, 0) is 0 Å². The van der Waals surface area contributed by atoms with Crippen LogP contribution in [0.3, 0.4) is 0 Å². The van der Waals surface area contributed by atoms with Gasteiger partial charge in [0.25, 0.3) is 0 Å². The molecule has 0 aromatic rings. The Morgan fingerprint density at radius 3 is 2.44 bits per heavy atom. The molecular weight excluding hydrogens is 222 g/mol. The van der Waals surface area contributed by atoms with E-state index in [9.17, 15) is 5.11 Å². The van der Waals surface area contributed by atoms with Gasteiger partial charge in [0.05, 0.1) is 6.10 Å². The van der Waals surface area contributed by atoms with Crippen LogP contribution < -0.4 is 0 Å². The van der Waals surface area contributed by atoms with Crippen LogP contribution in [0.15, 0.2) is 0 Å². The minimum atomic E-state index is -0.0250. The van der Waals surface area contributed by atoms with Gasteiger partial charge >= 0.3 is 0 Å². The van der Waals surface area contributed by atoms with Gasteiger partial charge < -0.3 is 10.0 Å². The third-order valence-electron chi connectivity index (χ3n) is 5.62. The molecule has 1 N–H and O–H groups in total. The van der Waals surface area contributed by atoms with Gasteiger partial charge in [-0.1, -0.05) is 13.3 Å². The summed E-state index contributed by atoms with van der Waals surface area (Å²) in [5, 5.41) is 10.2. The number of nitrogens with zero attached hydrogens (tertiary/aromatic N) is 1. The van der Waals surface area contributed by atoms with Crippen LogP contribution >= 0.6 is 0 Å². The molecule has 0 spiro atoms. The fourth-order valence-corrected chi connectivity index (χ4v) is 4.70. The molecule has 0 aromatic carbocycles. The Bertz CT molecular complexity index is 268. The molecule has 3 rings (SSSR count). The predicted octanol–water partition coefficient (Wildman–Crippen LogP) is 2.91. The van der Waals surface area contributed by atoms with Crippen molar-refractivity contribution < 1.29 is 5.11 Å². The SMILES string of the molecule is CC1CCC(O)C(CN2CC3CCCC(C3)C2)C1. The largest absolute Gasteiger partial charge is 0.393 e. The predicted molar refractivity (Wildman–Crippen MR) is 74.4 cm³/mol. The summed E-state index contributed by atoms with van der Waals surface area (Å²) < 4.78 is 0. The van der Waals surface area contributed by atoms with Crippen molar-refractivity contribution in [3.05, 3.63) is 0 Å². The lowest BCUT2D eigenvalue weighted by Gasteiger charge is -2.44. The van der Waals surface area contributed by atoms with E-state index in [1.807, 2.05) is 0 Å². The van der Waals surface area contributed by atoms with E-state index in [-0.39, 0.29) is 6.10 Å². The van der Waals surface area contributed by atoms with Crippen molar-refractivity contribution in [1.82, 2.24) is 4.90 Å². The summed E-state index contributed by atoms with van der Waals surface area (Å²) in [6.45, 7) is 6.14. The maximum absolute atomic E-state index is 10.2. The number of rotatable bonds is 2. The summed E-state index contributed by atoms with van der Waals surface area (Å²) >= 11 is 0. The van der Waals surface area contributed by atoms with Crippen molar-refractivity contribution >= 4 is 0 Å². The molecule has 2 nitrogen and oxygen atoms in total. The Morgan fingerprint density at radius 2 is 1.72 bits per heavy atom. The molecule has 0 radical (unpaired) electrons. The molecule has 2 aliphatic carbocycles. The lowest BCUT2D eigenvalue weighted by atomic mass is 9.76. The highest BCUT2D eigenvalue weighted by Gasteiger charge is 2.34. The highest BCUT2D eigenvalue weighted by atomic mass is 16.3. The smallest absolute Gasteiger partial charge is 0.0580 e. The number of likely N-dealkylation sites (tertiary alicyclic amines) is 1. The number of fused-ring (bicyclic) bond motifs is 2. The topological polar surface area (TPSA) is 23.5 Å². The maximum atomic E-state index is 10.2. The van der Waals surface area contributed by atoms with E-state index in [0.717, 1.165) is 24.2 Å². The standard InChI is InChI=1S/C16H29NO/c1-12-5-6-16(18)15(7-12)11-17-9-13-3-2-4-14(8-13)10-17/h12-16,18H,2-11H2,1H3. The highest BCUT2D eigenvalue weighted by molar-refractivity contribution is 4.87. The van der Waals surface area contributed by atoms with E-state index < -0.39 is 0 Å². The van der Waals surface area contributed by atoms with Crippen LogP contribution in [0.2, 0.25) is 0 Å². The van der Waals surface area contributed by atoms with Gasteiger partial charge in [0.2, 0.25) is 0 Å². The third-order valence-corrected chi connectivity index (χ3v) is 5.62. The second-order valence-electron chi connectivity index (χ2n) is 7.36. The average Bonchev–Trinajstić information content (AvgIpc) is 2.33. The summed E-state index contributed by atoms with van der Waals surface area (Å²) in [6, 6.07) is 0. The molecule has 5 unspecified atom stereocenters. The van der Waals surface area contributed by atoms with Gasteiger partial charge in [-0.25, -0.2) is 0 Å². The molecule has 2 heteroatoms. The molecule has 5 atom stereocenters. The molecule has 104 valence electrons. The van der Waals surface area contributed by atoms with E-state index in [1.54, 1.807) is 0 Å². The Hall–Kier alpha value is -0.0800. The van der Waals surface area contributed by atoms with Crippen molar-refractivity contribution in [2.24, 2.45) is 23.7 Å². The van der Waals surface area contributed by atoms with E-state index in [1.165, 1.54) is 58.2 Å². The molecule has 0 amide bonds. The molecular formula is C16H29NO. The molecule has 1 heterocycles. The molecule has 2 bridgehead atoms. The molecule has 1 saturated heterocycles. The average molecular weight is 251 g/mol. The van der Waals surface area contributed by atoms with Crippen LogP contribution in [0.1, 0.15) is 51.9 Å². The normalized spacial score (nSPS) is 46.0. The first-order valence-corrected chi connectivity index (χ1v) is 8.11. The highest BCUT2D eigenvalue weighted by Crippen LogP contribution is 2.36. The number of hydrogen-bond acceptors (Lipinski definition) is 2. The van der Waals surface area contributed by atoms with Crippen molar-refractivity contribution in [2.75, 3.05) is 19.6 Å². The third kappa shape index (κ3) is 2.91. The fraction of sp³-hybridized carbons (Fsp3) is 1.00. The zero-order valence-electron chi connectivity index (χ0n) is 11.9. The van der Waals surface area contributed by atoms with Crippen molar-refractivity contribution in [2.45, 2.75) is 58.0 Å². The zero-order valence-corrected chi connectivity index (χ0v) is 11.9. The van der Waals surface area contributed by atoms with Crippen LogP contribution in [0.25, 0.3) is 0 Å². The monoisotopic (exact) mass is 251 g/mol. The summed E-state index contributed by atoms with van der Waals surface area (Å²) in [5.41, 5.74) is 0. The quantitative estimate of drug-likeness (QED) is 0.815. The van der Waals surface area contributed by atoms with Crippen molar-refractivity contribution in [3.63, 3.8) is 0 Å². The van der Waals surface area contributed by atoms with Gasteiger partial charge in [0.15, 0.2) is 0 Å². The van der Waals surface area contributed by atoms with E-state index in [4.69, 9.17) is 0 Å². The molecule has 3 aliphatic rings. The van der Waals surface area contributed by atoms with Crippen molar-refractivity contribution in [1.29, 1.82) is 0 Å². The first-order valence-electron chi connectivity index (χ1n) is 8.11. The first-order chi connectivity index (χ1) is 8.70. The summed E-state index contributed by atoms with van der Waals surface area (Å²) in [4.78, 5) is 2.68. The lowest BCUT2D eigenvalue weighted by molar-refractivity contribution is 0.00665. The molecule has 1 aliphatic heterocycles. The second kappa shape index (κ2) is 5.50. The van der Waals surface area contributed by atoms with Crippen LogP contribution in [-0.4, -0.2) is 35.7 Å². The number of piperidine rings is 1. The summed E-state index contributed by atoms with van der Waals surface area (Å²) in [5.74, 6) is 3.31. The van der Waals surface area contributed by atoms with E-state index >= 15 is 0 Å². The molecule has 0 aromatic heterocycles. The van der Waals surface area contributed by atoms with Gasteiger partial charge in [-0.3, -0.25) is 0 Å². The lowest BCUT2D eigenvalue weighted by Crippen LogP contribution is -2.47. The van der Waals surface area contributed by atoms with Gasteiger partial charge in [-0.15, -0.1) is 0 Å². The van der Waals surface area contributed by atoms with Crippen molar-refractivity contribution in [3.8, 4) is 0 Å². The number of aliphatic hydroxyl groups excluding tert-OH is 1. The van der Waals surface area contributed by atoms with Gasteiger partial charge in [0.1, 0.15) is 0 Å². The fourth-order valence-electron chi connectivity index (χ4n) is 4.70. The van der Waals surface area contributed by atoms with E-state index in [2.05, 4.69) is 11.8 Å². The van der Waals surface area contributed by atoms with Crippen LogP contribution in [0.5, 0.6) is 0 Å². The minimum Gasteiger partial charge on any atom is -0.393 e. The molecule has 18 heavy (non-hydrogen) atoms. The van der Waals surface area contributed by atoms with Gasteiger partial charge in [-0.05, 0) is 62.2 Å². The van der Waals surface area contributed by atoms with Crippen LogP contribution in [0.4, 0.5) is 0 Å². The van der Waals surface area contributed by atoms with Crippen LogP contribution in [0, 0.1) is 23.7 Å². The summed E-state index contributed by atoms with van der Waals surface area (Å²) in [7, 11) is 0. The molecule has 2 saturated carbocycles. The van der Waals surface area contributed by atoms with Gasteiger partial charge in [-0.2, -0.15) is 0 Å². The Balaban J connectivity index is 1.55. The summed E-state index contributed by atoms with van der Waals surface area (Å²) in [6.07, 6.45) is 9.34. The molecule has 3 fully saturated rings. The Kier molecular flexibility index (Phi) is 3.95. The first kappa shape index (κ1) is 12.9. The zero-order chi connectivity index (χ0) is 12.5. The maximum Gasteiger partial charge on any atom is 0.0580 e. The van der Waals surface area contributed by atoms with Gasteiger partial charge in [0, 0.05) is 19.6 Å². The Morgan fingerprint density at radius 1 is 1.00 bits per heavy atom. The Labute approximate surface area is 112 Å². The second-order valence-corrected chi connectivity index (χ2v) is 7.36. The minimum absolute atomic E-state index is 0.0250. The number of hydrogen-bond donors (Lipinski definition) is 1.